The fraction of sp³-hybridized carbons (Fsp3) is 0.758. The normalized spacial score (nSPS) is 13.2. The number of carbonyl (C=O) groups excluding carboxylic acids is 8. The van der Waals surface area contributed by atoms with Crippen molar-refractivity contribution in [2.45, 2.75) is 97.7 Å². The number of aliphatic hydroxyl groups is 1. The van der Waals surface area contributed by atoms with Gasteiger partial charge in [-0.3, -0.25) is 34.7 Å². The van der Waals surface area contributed by atoms with Crippen LogP contribution >= 0.6 is 11.8 Å². The molecule has 52 heavy (non-hydrogen) atoms. The number of rotatable bonds is 16. The monoisotopic (exact) mass is 759 g/mol. The average molecular weight is 760 g/mol. The zero-order chi connectivity index (χ0) is 40.7. The Morgan fingerprint density at radius 3 is 1.83 bits per heavy atom. The molecule has 5 N–H and O–H groups in total. The predicted molar refractivity (Wildman–Crippen MR) is 198 cm³/mol. The lowest BCUT2D eigenvalue weighted by Gasteiger charge is -2.36. The summed E-state index contributed by atoms with van der Waals surface area (Å²) in [4.78, 5) is 108. The van der Waals surface area contributed by atoms with Crippen LogP contribution in [0.15, 0.2) is 0 Å². The van der Waals surface area contributed by atoms with Crippen LogP contribution in [0.2, 0.25) is 0 Å². The summed E-state index contributed by atoms with van der Waals surface area (Å²) >= 11 is 1.24. The SMILES string of the molecule is CCCC(=O)N(C)[C@H](SCCN(CC)CC(C)(C)C)C(=O)N(C)[C@@H](CC(C)(C)O)C(=O)NC(=O)N(C)C(=O)NC(=O)N[C@@H](C)C(=O)N(C)C(=O)NC. The van der Waals surface area contributed by atoms with E-state index in [9.17, 15) is 43.5 Å². The quantitative estimate of drug-likeness (QED) is 0.142. The molecule has 0 radical (unpaired) electrons. The first-order chi connectivity index (χ1) is 23.8. The molecule has 0 unspecified atom stereocenters. The van der Waals surface area contributed by atoms with Gasteiger partial charge in [0.05, 0.1) is 5.60 Å². The lowest BCUT2D eigenvalue weighted by atomic mass is 9.96. The summed E-state index contributed by atoms with van der Waals surface area (Å²) in [7, 11) is 6.32. The van der Waals surface area contributed by atoms with Gasteiger partial charge in [-0.05, 0) is 39.2 Å². The second kappa shape index (κ2) is 21.5. The minimum Gasteiger partial charge on any atom is -0.390 e. The molecular weight excluding hydrogens is 698 g/mol. The van der Waals surface area contributed by atoms with Crippen molar-refractivity contribution in [1.82, 2.24) is 45.8 Å². The molecule has 0 fully saturated rings. The van der Waals surface area contributed by atoms with Crippen LogP contribution in [0, 0.1) is 5.41 Å². The average Bonchev–Trinajstić information content (AvgIpc) is 3.04. The first-order valence-electron chi connectivity index (χ1n) is 17.1. The molecule has 0 aliphatic rings. The largest absolute Gasteiger partial charge is 0.390 e. The third-order valence-corrected chi connectivity index (χ3v) is 8.94. The minimum absolute atomic E-state index is 0.0469. The summed E-state index contributed by atoms with van der Waals surface area (Å²) in [5.74, 6) is -2.21. The molecule has 0 saturated carbocycles. The molecule has 18 nitrogen and oxygen atoms in total. The van der Waals surface area contributed by atoms with Crippen molar-refractivity contribution < 1.29 is 43.5 Å². The smallest absolute Gasteiger partial charge is 0.333 e. The highest BCUT2D eigenvalue weighted by Crippen LogP contribution is 2.23. The maximum absolute atomic E-state index is 14.1. The number of likely N-dealkylation sites (N-methyl/N-ethyl adjacent to an activating group) is 3. The van der Waals surface area contributed by atoms with Gasteiger partial charge in [0, 0.05) is 66.9 Å². The van der Waals surface area contributed by atoms with Crippen LogP contribution in [-0.4, -0.2) is 161 Å². The Balaban J connectivity index is 5.98. The first-order valence-corrected chi connectivity index (χ1v) is 18.1. The summed E-state index contributed by atoms with van der Waals surface area (Å²) in [6.07, 6.45) is 0.440. The molecule has 0 heterocycles. The lowest BCUT2D eigenvalue weighted by molar-refractivity contribution is -0.145. The molecule has 0 spiro atoms. The second-order valence-electron chi connectivity index (χ2n) is 14.3. The van der Waals surface area contributed by atoms with Crippen molar-refractivity contribution >= 4 is 59.5 Å². The van der Waals surface area contributed by atoms with Crippen molar-refractivity contribution in [3.8, 4) is 0 Å². The van der Waals surface area contributed by atoms with Crippen LogP contribution in [-0.2, 0) is 19.2 Å². The summed E-state index contributed by atoms with van der Waals surface area (Å²) in [6, 6.07) is -7.10. The van der Waals surface area contributed by atoms with Crippen LogP contribution in [0.1, 0.15) is 74.7 Å². The van der Waals surface area contributed by atoms with Gasteiger partial charge in [0.1, 0.15) is 12.1 Å². The molecule has 3 atom stereocenters. The maximum atomic E-state index is 14.1. The highest BCUT2D eigenvalue weighted by molar-refractivity contribution is 8.00. The molecule has 0 aliphatic heterocycles. The number of urea groups is 4. The number of carbonyl (C=O) groups is 8. The summed E-state index contributed by atoms with van der Waals surface area (Å²) in [6.45, 7) is 16.6. The number of hydrogen-bond acceptors (Lipinski definition) is 11. The molecule has 0 saturated heterocycles. The standard InChI is InChI=1S/C33H61N9O9S/c1-14-16-23(43)39(11)27(52-18-17-42(15-2)20-32(4,5)6)26(46)38(10)22(19-33(7,8)51)24(44)36-30(49)41(13)31(50)37-28(47)35-21(3)25(45)40(12)29(48)34-9/h21-22,27,51H,14-20H2,1-13H3,(H,34,48)(H,36,44,49)(H2,35,37,47,50)/t21-,22-,27+/m0/s1. The van der Waals surface area contributed by atoms with Crippen molar-refractivity contribution in [1.29, 1.82) is 0 Å². The summed E-state index contributed by atoms with van der Waals surface area (Å²) in [5, 5.41) is 18.0. The Kier molecular flexibility index (Phi) is 19.9. The number of nitrogens with one attached hydrogen (secondary N) is 4. The van der Waals surface area contributed by atoms with E-state index in [1.807, 2.05) is 24.5 Å². The molecule has 0 aromatic heterocycles. The van der Waals surface area contributed by atoms with E-state index in [1.165, 1.54) is 65.6 Å². The number of amides is 12. The highest BCUT2D eigenvalue weighted by atomic mass is 32.2. The predicted octanol–water partition coefficient (Wildman–Crippen LogP) is 1.43. The Bertz CT molecular complexity index is 1290. The zero-order valence-electron chi connectivity index (χ0n) is 33.0. The number of imide groups is 4. The molecular formula is C33H61N9O9S. The molecule has 19 heteroatoms. The third kappa shape index (κ3) is 16.6. The number of thioether (sulfide) groups is 1. The lowest BCUT2D eigenvalue weighted by Crippen LogP contribution is -2.58. The van der Waals surface area contributed by atoms with E-state index in [4.69, 9.17) is 0 Å². The minimum atomic E-state index is -1.50. The van der Waals surface area contributed by atoms with Crippen LogP contribution in [0.25, 0.3) is 0 Å². The number of hydrogen-bond donors (Lipinski definition) is 5. The molecule has 0 aromatic rings. The first kappa shape index (κ1) is 48.0. The molecule has 12 amide bonds. The highest BCUT2D eigenvalue weighted by Gasteiger charge is 2.38. The van der Waals surface area contributed by atoms with E-state index in [0.717, 1.165) is 29.9 Å². The van der Waals surface area contributed by atoms with Gasteiger partial charge in [-0.2, -0.15) is 0 Å². The fourth-order valence-corrected chi connectivity index (χ4v) is 6.02. The molecule has 0 aromatic carbocycles. The van der Waals surface area contributed by atoms with Gasteiger partial charge in [0.25, 0.3) is 17.7 Å². The van der Waals surface area contributed by atoms with Gasteiger partial charge < -0.3 is 30.4 Å². The topological polar surface area (TPSA) is 221 Å². The van der Waals surface area contributed by atoms with E-state index >= 15 is 0 Å². The zero-order valence-corrected chi connectivity index (χ0v) is 33.9. The Labute approximate surface area is 312 Å². The van der Waals surface area contributed by atoms with Crippen molar-refractivity contribution in [2.75, 3.05) is 60.6 Å². The Morgan fingerprint density at radius 1 is 0.788 bits per heavy atom. The molecule has 0 bridgehead atoms. The summed E-state index contributed by atoms with van der Waals surface area (Å²) in [5.41, 5.74) is -1.45. The van der Waals surface area contributed by atoms with Crippen LogP contribution in [0.4, 0.5) is 19.2 Å². The van der Waals surface area contributed by atoms with E-state index in [2.05, 4.69) is 36.3 Å². The van der Waals surface area contributed by atoms with E-state index in [0.29, 0.717) is 23.6 Å². The van der Waals surface area contributed by atoms with E-state index < -0.39 is 64.9 Å². The van der Waals surface area contributed by atoms with E-state index in [1.54, 1.807) is 0 Å². The third-order valence-electron chi connectivity index (χ3n) is 7.69. The summed E-state index contributed by atoms with van der Waals surface area (Å²) < 4.78 is 0. The van der Waals surface area contributed by atoms with Crippen LogP contribution in [0.3, 0.4) is 0 Å². The van der Waals surface area contributed by atoms with Gasteiger partial charge in [-0.25, -0.2) is 24.1 Å². The second-order valence-corrected chi connectivity index (χ2v) is 15.5. The molecule has 0 aliphatic carbocycles. The molecule has 298 valence electrons. The van der Waals surface area contributed by atoms with Crippen molar-refractivity contribution in [3.63, 3.8) is 0 Å². The van der Waals surface area contributed by atoms with Gasteiger partial charge in [-0.15, -0.1) is 11.8 Å². The van der Waals surface area contributed by atoms with E-state index in [-0.39, 0.29) is 24.2 Å². The fourth-order valence-electron chi connectivity index (χ4n) is 4.79. The van der Waals surface area contributed by atoms with Crippen molar-refractivity contribution in [2.24, 2.45) is 5.41 Å². The Morgan fingerprint density at radius 2 is 1.35 bits per heavy atom. The van der Waals surface area contributed by atoms with Gasteiger partial charge >= 0.3 is 24.1 Å². The molecule has 0 rings (SSSR count). The van der Waals surface area contributed by atoms with Gasteiger partial charge in [0.2, 0.25) is 5.91 Å². The van der Waals surface area contributed by atoms with Crippen molar-refractivity contribution in [3.05, 3.63) is 0 Å². The Hall–Kier alpha value is -3.97. The van der Waals surface area contributed by atoms with Gasteiger partial charge in [-0.1, -0.05) is 34.6 Å². The van der Waals surface area contributed by atoms with Gasteiger partial charge in [0.15, 0.2) is 5.37 Å². The number of nitrogens with zero attached hydrogens (tertiary/aromatic N) is 5. The van der Waals surface area contributed by atoms with Crippen LogP contribution < -0.4 is 21.3 Å². The maximum Gasteiger partial charge on any atom is 0.333 e. The van der Waals surface area contributed by atoms with Crippen LogP contribution in [0.5, 0.6) is 0 Å².